The van der Waals surface area contributed by atoms with E-state index in [0.29, 0.717) is 5.02 Å². The molecule has 0 bridgehead atoms. The number of carbonyl (C=O) groups excluding carboxylic acids is 2. The third-order valence-corrected chi connectivity index (χ3v) is 7.29. The minimum Gasteiger partial charge on any atom is -0.331 e. The molecule has 5 heteroatoms. The lowest BCUT2D eigenvalue weighted by Crippen LogP contribution is -2.45. The van der Waals surface area contributed by atoms with Crippen molar-refractivity contribution in [1.29, 1.82) is 0 Å². The van der Waals surface area contributed by atoms with Crippen molar-refractivity contribution in [2.75, 3.05) is 0 Å². The first-order valence-electron chi connectivity index (χ1n) is 12.9. The quantitative estimate of drug-likeness (QED) is 0.222. The molecule has 1 N–H and O–H groups in total. The third kappa shape index (κ3) is 5.71. The van der Waals surface area contributed by atoms with Gasteiger partial charge in [-0.05, 0) is 70.3 Å². The molecule has 0 aliphatic carbocycles. The average molecular weight is 533 g/mol. The summed E-state index contributed by atoms with van der Waals surface area (Å²) in [5.74, 6) is -0.409. The Morgan fingerprint density at radius 2 is 1.26 bits per heavy atom. The number of fused-ring (bicyclic) bond motifs is 2. The second-order valence-electron chi connectivity index (χ2n) is 9.58. The van der Waals surface area contributed by atoms with E-state index in [-0.39, 0.29) is 6.04 Å². The van der Waals surface area contributed by atoms with Gasteiger partial charge in [0.05, 0.1) is 12.1 Å². The van der Waals surface area contributed by atoms with E-state index in [9.17, 15) is 9.59 Å². The molecule has 0 aliphatic rings. The van der Waals surface area contributed by atoms with Crippen LogP contribution >= 0.6 is 11.6 Å². The van der Waals surface area contributed by atoms with E-state index in [4.69, 9.17) is 11.6 Å². The molecule has 0 saturated heterocycles. The normalized spacial score (nSPS) is 12.9. The molecular formula is C34H29ClN2O2. The highest BCUT2D eigenvalue weighted by atomic mass is 35.5. The molecule has 2 atom stereocenters. The maximum absolute atomic E-state index is 13.9. The maximum atomic E-state index is 13.9. The smallest absolute Gasteiger partial charge is 0.325 e. The number of hydrogen-bond acceptors (Lipinski definition) is 2. The van der Waals surface area contributed by atoms with E-state index in [1.807, 2.05) is 111 Å². The van der Waals surface area contributed by atoms with Crippen molar-refractivity contribution in [3.05, 3.63) is 137 Å². The van der Waals surface area contributed by atoms with Gasteiger partial charge in [-0.1, -0.05) is 109 Å². The van der Waals surface area contributed by atoms with E-state index >= 15 is 0 Å². The highest BCUT2D eigenvalue weighted by molar-refractivity contribution is 6.30. The number of imide groups is 1. The number of rotatable bonds is 6. The predicted molar refractivity (Wildman–Crippen MR) is 161 cm³/mol. The molecule has 4 nitrogen and oxygen atoms in total. The van der Waals surface area contributed by atoms with Gasteiger partial charge in [0.2, 0.25) is 0 Å². The molecule has 0 radical (unpaired) electrons. The van der Waals surface area contributed by atoms with Crippen LogP contribution in [-0.4, -0.2) is 16.8 Å². The summed E-state index contributed by atoms with van der Waals surface area (Å²) in [4.78, 5) is 28.8. The summed E-state index contributed by atoms with van der Waals surface area (Å²) in [5.41, 5.74) is 2.70. The monoisotopic (exact) mass is 532 g/mol. The van der Waals surface area contributed by atoms with Crippen LogP contribution in [0.5, 0.6) is 0 Å². The Morgan fingerprint density at radius 3 is 1.90 bits per heavy atom. The van der Waals surface area contributed by atoms with Crippen LogP contribution in [0.2, 0.25) is 5.02 Å². The molecule has 5 aromatic rings. The first-order valence-corrected chi connectivity index (χ1v) is 13.3. The molecule has 194 valence electrons. The van der Waals surface area contributed by atoms with Crippen molar-refractivity contribution >= 4 is 51.2 Å². The number of urea groups is 1. The molecule has 5 rings (SSSR count). The zero-order chi connectivity index (χ0) is 27.4. The number of carbonyl (C=O) groups is 2. The van der Waals surface area contributed by atoms with Crippen LogP contribution in [-0.2, 0) is 4.79 Å². The summed E-state index contributed by atoms with van der Waals surface area (Å²) >= 11 is 6.01. The van der Waals surface area contributed by atoms with Crippen LogP contribution in [0.1, 0.15) is 42.6 Å². The van der Waals surface area contributed by atoms with Crippen molar-refractivity contribution in [3.8, 4) is 0 Å². The van der Waals surface area contributed by atoms with Crippen LogP contribution < -0.4 is 5.32 Å². The number of amides is 3. The van der Waals surface area contributed by atoms with Gasteiger partial charge in [0.25, 0.3) is 5.91 Å². The largest absolute Gasteiger partial charge is 0.331 e. The molecule has 3 amide bonds. The molecule has 39 heavy (non-hydrogen) atoms. The van der Waals surface area contributed by atoms with Crippen molar-refractivity contribution in [3.63, 3.8) is 0 Å². The Labute approximate surface area is 233 Å². The summed E-state index contributed by atoms with van der Waals surface area (Å²) in [6.45, 7) is 3.83. The van der Waals surface area contributed by atoms with Crippen molar-refractivity contribution < 1.29 is 9.59 Å². The van der Waals surface area contributed by atoms with Gasteiger partial charge in [0.15, 0.2) is 0 Å². The van der Waals surface area contributed by atoms with Gasteiger partial charge in [-0.15, -0.1) is 0 Å². The molecular weight excluding hydrogens is 504 g/mol. The second-order valence-corrected chi connectivity index (χ2v) is 10.0. The number of hydrogen-bond donors (Lipinski definition) is 1. The lowest BCUT2D eigenvalue weighted by molar-refractivity contribution is -0.124. The fraction of sp³-hybridized carbons (Fsp3) is 0.118. The van der Waals surface area contributed by atoms with E-state index in [1.54, 1.807) is 18.2 Å². The van der Waals surface area contributed by atoms with Crippen molar-refractivity contribution in [2.45, 2.75) is 25.9 Å². The standard InChI is InChI=1S/C34H29ClN2O2/c1-23(29-15-7-11-26-9-3-5-13-31(26)29)36-34(39)37(33(38)22-19-25-17-20-28(35)21-18-25)24(2)30-16-8-12-27-10-4-6-14-32(27)30/h3-24H,1-2H3,(H,36,39)/b22-19+/t23-,24?/m0/s1. The maximum Gasteiger partial charge on any atom is 0.325 e. The average Bonchev–Trinajstić information content (AvgIpc) is 2.96. The van der Waals surface area contributed by atoms with Gasteiger partial charge in [-0.3, -0.25) is 9.69 Å². The Bertz CT molecular complexity index is 1670. The molecule has 0 fully saturated rings. The van der Waals surface area contributed by atoms with Gasteiger partial charge in [-0.25, -0.2) is 4.79 Å². The molecule has 1 unspecified atom stereocenters. The SMILES string of the molecule is CC(c1cccc2ccccc12)N(C(=O)/C=C/c1ccc(Cl)cc1)C(=O)N[C@@H](C)c1cccc2ccccc12. The number of halogens is 1. The zero-order valence-electron chi connectivity index (χ0n) is 21.8. The predicted octanol–water partition coefficient (Wildman–Crippen LogP) is 8.72. The van der Waals surface area contributed by atoms with Gasteiger partial charge < -0.3 is 5.32 Å². The summed E-state index contributed by atoms with van der Waals surface area (Å²) in [6.07, 6.45) is 3.13. The van der Waals surface area contributed by atoms with Crippen LogP contribution in [0.15, 0.2) is 115 Å². The first-order chi connectivity index (χ1) is 18.9. The van der Waals surface area contributed by atoms with Crippen LogP contribution in [0.3, 0.4) is 0 Å². The zero-order valence-corrected chi connectivity index (χ0v) is 22.6. The Hall–Kier alpha value is -4.41. The van der Waals surface area contributed by atoms with E-state index < -0.39 is 18.0 Å². The number of nitrogens with zero attached hydrogens (tertiary/aromatic N) is 1. The summed E-state index contributed by atoms with van der Waals surface area (Å²) in [5, 5.41) is 7.92. The fourth-order valence-corrected chi connectivity index (χ4v) is 5.13. The molecule has 0 heterocycles. The molecule has 0 spiro atoms. The number of nitrogens with one attached hydrogen (secondary N) is 1. The van der Waals surface area contributed by atoms with Gasteiger partial charge >= 0.3 is 6.03 Å². The van der Waals surface area contributed by atoms with Gasteiger partial charge in [-0.2, -0.15) is 0 Å². The lowest BCUT2D eigenvalue weighted by Gasteiger charge is -2.29. The van der Waals surface area contributed by atoms with Crippen molar-refractivity contribution in [1.82, 2.24) is 10.2 Å². The minimum absolute atomic E-state index is 0.320. The van der Waals surface area contributed by atoms with E-state index in [1.165, 1.54) is 11.0 Å². The summed E-state index contributed by atoms with van der Waals surface area (Å²) < 4.78 is 0. The molecule has 0 aliphatic heterocycles. The van der Waals surface area contributed by atoms with Gasteiger partial charge in [0.1, 0.15) is 0 Å². The molecule has 5 aromatic carbocycles. The molecule has 0 aromatic heterocycles. The van der Waals surface area contributed by atoms with Gasteiger partial charge in [0, 0.05) is 11.1 Å². The Balaban J connectivity index is 1.49. The second kappa shape index (κ2) is 11.5. The van der Waals surface area contributed by atoms with Crippen LogP contribution in [0.25, 0.3) is 27.6 Å². The highest BCUT2D eigenvalue weighted by Crippen LogP contribution is 2.30. The van der Waals surface area contributed by atoms with E-state index in [0.717, 1.165) is 38.2 Å². The third-order valence-electron chi connectivity index (χ3n) is 7.04. The topological polar surface area (TPSA) is 49.4 Å². The summed E-state index contributed by atoms with van der Waals surface area (Å²) in [6, 6.07) is 34.0. The molecule has 0 saturated carbocycles. The number of benzene rings is 5. The van der Waals surface area contributed by atoms with Crippen LogP contribution in [0, 0.1) is 0 Å². The summed E-state index contributed by atoms with van der Waals surface area (Å²) in [7, 11) is 0. The highest BCUT2D eigenvalue weighted by Gasteiger charge is 2.29. The lowest BCUT2D eigenvalue weighted by atomic mass is 9.98. The van der Waals surface area contributed by atoms with Crippen LogP contribution in [0.4, 0.5) is 4.79 Å². The van der Waals surface area contributed by atoms with E-state index in [2.05, 4.69) is 5.32 Å². The Kier molecular flexibility index (Phi) is 7.76. The fourth-order valence-electron chi connectivity index (χ4n) is 5.00. The minimum atomic E-state index is -0.516. The van der Waals surface area contributed by atoms with Crippen molar-refractivity contribution in [2.24, 2.45) is 0 Å². The Morgan fingerprint density at radius 1 is 0.718 bits per heavy atom. The first kappa shape index (κ1) is 26.2.